The first kappa shape index (κ1) is 8.99. The van der Waals surface area contributed by atoms with Gasteiger partial charge in [0, 0.05) is 43.2 Å². The van der Waals surface area contributed by atoms with Crippen LogP contribution < -0.4 is 5.73 Å². The number of hydrogen-bond acceptors (Lipinski definition) is 3. The lowest BCUT2D eigenvalue weighted by Crippen LogP contribution is -2.24. The molecule has 1 saturated heterocycles. The van der Waals surface area contributed by atoms with Crippen molar-refractivity contribution in [3.8, 4) is 0 Å². The average Bonchev–Trinajstić information content (AvgIpc) is 2.56. The summed E-state index contributed by atoms with van der Waals surface area (Å²) in [7, 11) is 0. The number of carbonyl (C=O) groups is 1. The van der Waals surface area contributed by atoms with Gasteiger partial charge in [-0.3, -0.25) is 9.78 Å². The van der Waals surface area contributed by atoms with Crippen LogP contribution in [0.1, 0.15) is 18.4 Å². The number of nitrogens with zero attached hydrogens (tertiary/aromatic N) is 2. The maximum atomic E-state index is 11.4. The molecule has 0 aliphatic carbocycles. The summed E-state index contributed by atoms with van der Waals surface area (Å²) in [6, 6.07) is 1.76. The minimum atomic E-state index is 0.216. The highest BCUT2D eigenvalue weighted by molar-refractivity contribution is 5.78. The standard InChI is InChI=1S/C10H13N3O/c11-9-3-4-12-6-8(9)7-13-5-1-2-10(13)14/h3-4,6H,1-2,5,7H2,(H2,11,12). The van der Waals surface area contributed by atoms with Crippen LogP contribution in [-0.4, -0.2) is 22.3 Å². The van der Waals surface area contributed by atoms with Crippen molar-refractivity contribution in [3.05, 3.63) is 24.0 Å². The van der Waals surface area contributed by atoms with Gasteiger partial charge in [-0.1, -0.05) is 0 Å². The van der Waals surface area contributed by atoms with Gasteiger partial charge in [-0.15, -0.1) is 0 Å². The summed E-state index contributed by atoms with van der Waals surface area (Å²) in [5, 5.41) is 0. The van der Waals surface area contributed by atoms with E-state index in [-0.39, 0.29) is 5.91 Å². The van der Waals surface area contributed by atoms with Gasteiger partial charge < -0.3 is 10.6 Å². The lowest BCUT2D eigenvalue weighted by Gasteiger charge is -2.16. The molecule has 4 nitrogen and oxygen atoms in total. The predicted octanol–water partition coefficient (Wildman–Crippen LogP) is 0.786. The summed E-state index contributed by atoms with van der Waals surface area (Å²) in [5.41, 5.74) is 7.41. The third-order valence-corrected chi connectivity index (χ3v) is 2.47. The fourth-order valence-corrected chi connectivity index (χ4v) is 1.65. The zero-order chi connectivity index (χ0) is 9.97. The molecule has 1 aliphatic rings. The lowest BCUT2D eigenvalue weighted by atomic mass is 10.2. The first-order valence-corrected chi connectivity index (χ1v) is 4.73. The number of likely N-dealkylation sites (tertiary alicyclic amines) is 1. The highest BCUT2D eigenvalue weighted by atomic mass is 16.2. The van der Waals surface area contributed by atoms with E-state index in [1.165, 1.54) is 0 Å². The number of pyridine rings is 1. The van der Waals surface area contributed by atoms with Gasteiger partial charge in [0.2, 0.25) is 5.91 Å². The summed E-state index contributed by atoms with van der Waals surface area (Å²) in [6.07, 6.45) is 5.00. The molecule has 4 heteroatoms. The second-order valence-electron chi connectivity index (χ2n) is 3.49. The van der Waals surface area contributed by atoms with E-state index in [4.69, 9.17) is 5.73 Å². The number of hydrogen-bond donors (Lipinski definition) is 1. The molecule has 2 N–H and O–H groups in total. The van der Waals surface area contributed by atoms with E-state index in [0.717, 1.165) is 18.5 Å². The molecule has 2 rings (SSSR count). The van der Waals surface area contributed by atoms with Gasteiger partial charge >= 0.3 is 0 Å². The first-order chi connectivity index (χ1) is 6.77. The van der Waals surface area contributed by atoms with Crippen molar-refractivity contribution in [2.45, 2.75) is 19.4 Å². The van der Waals surface area contributed by atoms with Crippen molar-refractivity contribution in [2.24, 2.45) is 0 Å². The summed E-state index contributed by atoms with van der Waals surface area (Å²) in [6.45, 7) is 1.44. The number of amides is 1. The minimum Gasteiger partial charge on any atom is -0.398 e. The Hall–Kier alpha value is -1.58. The van der Waals surface area contributed by atoms with Gasteiger partial charge in [0.25, 0.3) is 0 Å². The van der Waals surface area contributed by atoms with Crippen LogP contribution in [0.2, 0.25) is 0 Å². The zero-order valence-corrected chi connectivity index (χ0v) is 7.94. The number of nitrogens with two attached hydrogens (primary N) is 1. The van der Waals surface area contributed by atoms with Crippen molar-refractivity contribution in [3.63, 3.8) is 0 Å². The van der Waals surface area contributed by atoms with E-state index in [1.54, 1.807) is 18.5 Å². The van der Waals surface area contributed by atoms with Crippen molar-refractivity contribution in [1.29, 1.82) is 0 Å². The maximum Gasteiger partial charge on any atom is 0.222 e. The normalized spacial score (nSPS) is 16.3. The van der Waals surface area contributed by atoms with Crippen molar-refractivity contribution >= 4 is 11.6 Å². The maximum absolute atomic E-state index is 11.4. The Morgan fingerprint density at radius 1 is 1.57 bits per heavy atom. The Morgan fingerprint density at radius 2 is 2.43 bits per heavy atom. The molecule has 0 bridgehead atoms. The number of aromatic nitrogens is 1. The molecule has 1 aromatic heterocycles. The predicted molar refractivity (Wildman–Crippen MR) is 53.3 cm³/mol. The molecular formula is C10H13N3O. The smallest absolute Gasteiger partial charge is 0.222 e. The van der Waals surface area contributed by atoms with Gasteiger partial charge in [0.05, 0.1) is 0 Å². The quantitative estimate of drug-likeness (QED) is 0.751. The summed E-state index contributed by atoms with van der Waals surface area (Å²) in [5.74, 6) is 0.216. The SMILES string of the molecule is Nc1ccncc1CN1CCCC1=O. The van der Waals surface area contributed by atoms with Gasteiger partial charge in [0.1, 0.15) is 0 Å². The second-order valence-corrected chi connectivity index (χ2v) is 3.49. The first-order valence-electron chi connectivity index (χ1n) is 4.73. The molecule has 0 radical (unpaired) electrons. The molecule has 0 atom stereocenters. The Labute approximate surface area is 82.7 Å². The Morgan fingerprint density at radius 3 is 3.07 bits per heavy atom. The number of anilines is 1. The minimum absolute atomic E-state index is 0.216. The van der Waals surface area contributed by atoms with Gasteiger partial charge in [-0.25, -0.2) is 0 Å². The second kappa shape index (κ2) is 3.65. The highest BCUT2D eigenvalue weighted by Crippen LogP contribution is 2.17. The molecule has 1 amide bonds. The molecule has 1 fully saturated rings. The van der Waals surface area contributed by atoms with Crippen LogP contribution in [0.4, 0.5) is 5.69 Å². The number of nitrogen functional groups attached to an aromatic ring is 1. The third kappa shape index (κ3) is 1.69. The van der Waals surface area contributed by atoms with Crippen LogP contribution in [0.25, 0.3) is 0 Å². The van der Waals surface area contributed by atoms with Gasteiger partial charge in [0.15, 0.2) is 0 Å². The molecule has 0 unspecified atom stereocenters. The molecule has 74 valence electrons. The summed E-state index contributed by atoms with van der Waals surface area (Å²) >= 11 is 0. The van der Waals surface area contributed by atoms with E-state index in [9.17, 15) is 4.79 Å². The van der Waals surface area contributed by atoms with E-state index < -0.39 is 0 Å². The molecule has 0 spiro atoms. The fourth-order valence-electron chi connectivity index (χ4n) is 1.65. The van der Waals surface area contributed by atoms with Crippen LogP contribution in [0, 0.1) is 0 Å². The molecule has 1 aromatic rings. The molecular weight excluding hydrogens is 178 g/mol. The largest absolute Gasteiger partial charge is 0.398 e. The van der Waals surface area contributed by atoms with Crippen LogP contribution in [0.5, 0.6) is 0 Å². The highest BCUT2D eigenvalue weighted by Gasteiger charge is 2.20. The van der Waals surface area contributed by atoms with Crippen LogP contribution in [0.15, 0.2) is 18.5 Å². The summed E-state index contributed by atoms with van der Waals surface area (Å²) < 4.78 is 0. The molecule has 14 heavy (non-hydrogen) atoms. The van der Waals surface area contributed by atoms with Gasteiger partial charge in [-0.05, 0) is 12.5 Å². The Balaban J connectivity index is 2.10. The van der Waals surface area contributed by atoms with Crippen LogP contribution in [-0.2, 0) is 11.3 Å². The van der Waals surface area contributed by atoms with Crippen LogP contribution in [0.3, 0.4) is 0 Å². The van der Waals surface area contributed by atoms with Crippen molar-refractivity contribution in [2.75, 3.05) is 12.3 Å². The molecule has 1 aliphatic heterocycles. The van der Waals surface area contributed by atoms with E-state index in [2.05, 4.69) is 4.98 Å². The van der Waals surface area contributed by atoms with Crippen molar-refractivity contribution < 1.29 is 4.79 Å². The van der Waals surface area contributed by atoms with Gasteiger partial charge in [-0.2, -0.15) is 0 Å². The van der Waals surface area contributed by atoms with Crippen LogP contribution >= 0.6 is 0 Å². The fraction of sp³-hybridized carbons (Fsp3) is 0.400. The zero-order valence-electron chi connectivity index (χ0n) is 7.94. The average molecular weight is 191 g/mol. The Bertz CT molecular complexity index is 351. The summed E-state index contributed by atoms with van der Waals surface area (Å²) in [4.78, 5) is 17.2. The van der Waals surface area contributed by atoms with E-state index in [0.29, 0.717) is 18.7 Å². The lowest BCUT2D eigenvalue weighted by molar-refractivity contribution is -0.128. The topological polar surface area (TPSA) is 59.2 Å². The van der Waals surface area contributed by atoms with E-state index in [1.807, 2.05) is 4.90 Å². The third-order valence-electron chi connectivity index (χ3n) is 2.47. The number of rotatable bonds is 2. The molecule has 0 saturated carbocycles. The molecule has 2 heterocycles. The molecule has 0 aromatic carbocycles. The van der Waals surface area contributed by atoms with E-state index >= 15 is 0 Å². The monoisotopic (exact) mass is 191 g/mol. The van der Waals surface area contributed by atoms with Crippen molar-refractivity contribution in [1.82, 2.24) is 9.88 Å². The Kier molecular flexibility index (Phi) is 2.35. The number of carbonyl (C=O) groups excluding carboxylic acids is 1.